The van der Waals surface area contributed by atoms with Crippen molar-refractivity contribution in [3.05, 3.63) is 57.1 Å². The summed E-state index contributed by atoms with van der Waals surface area (Å²) in [5.41, 5.74) is 1.82. The Bertz CT molecular complexity index is 827. The number of aromatic nitrogens is 2. The molecular weight excluding hydrogens is 295 g/mol. The van der Waals surface area contributed by atoms with Gasteiger partial charge in [-0.3, -0.25) is 14.5 Å². The standard InChI is InChI=1S/C13H11FN4O2S/c1-8-12(17-4-5-21-13(17)16-8)7-15-9-2-3-10(14)11(6-9)18(19)20/h2-6,15H,7H2,1H3. The molecule has 0 radical (unpaired) electrons. The number of nitrogens with one attached hydrogen (secondary N) is 1. The second-order valence-electron chi connectivity index (χ2n) is 4.48. The first-order valence-electron chi connectivity index (χ1n) is 6.15. The highest BCUT2D eigenvalue weighted by atomic mass is 32.1. The molecule has 2 aromatic heterocycles. The lowest BCUT2D eigenvalue weighted by Crippen LogP contribution is -2.04. The zero-order valence-electron chi connectivity index (χ0n) is 11.0. The van der Waals surface area contributed by atoms with Crippen LogP contribution in [0.25, 0.3) is 4.96 Å². The topological polar surface area (TPSA) is 72.5 Å². The Labute approximate surface area is 123 Å². The number of nitro groups is 1. The molecule has 0 atom stereocenters. The average Bonchev–Trinajstić information content (AvgIpc) is 2.98. The number of imidazole rings is 1. The monoisotopic (exact) mass is 306 g/mol. The Morgan fingerprint density at radius 3 is 3.10 bits per heavy atom. The van der Waals surface area contributed by atoms with Gasteiger partial charge in [-0.25, -0.2) is 4.98 Å². The van der Waals surface area contributed by atoms with Crippen molar-refractivity contribution in [3.8, 4) is 0 Å². The fourth-order valence-corrected chi connectivity index (χ4v) is 2.88. The third-order valence-electron chi connectivity index (χ3n) is 3.16. The summed E-state index contributed by atoms with van der Waals surface area (Å²) in [4.78, 5) is 15.3. The normalized spacial score (nSPS) is 11.0. The molecule has 0 saturated carbocycles. The highest BCUT2D eigenvalue weighted by Crippen LogP contribution is 2.23. The van der Waals surface area contributed by atoms with E-state index >= 15 is 0 Å². The Morgan fingerprint density at radius 2 is 2.33 bits per heavy atom. The predicted octanol–water partition coefficient (Wildman–Crippen LogP) is 3.36. The molecule has 0 unspecified atom stereocenters. The number of nitrogens with zero attached hydrogens (tertiary/aromatic N) is 3. The van der Waals surface area contributed by atoms with Crippen molar-refractivity contribution in [2.75, 3.05) is 5.32 Å². The molecule has 0 aliphatic carbocycles. The van der Waals surface area contributed by atoms with Crippen LogP contribution >= 0.6 is 11.3 Å². The van der Waals surface area contributed by atoms with Crippen LogP contribution in [-0.4, -0.2) is 14.3 Å². The van der Waals surface area contributed by atoms with Gasteiger partial charge in [0.05, 0.1) is 22.9 Å². The van der Waals surface area contributed by atoms with Crippen molar-refractivity contribution in [3.63, 3.8) is 0 Å². The number of fused-ring (bicyclic) bond motifs is 1. The average molecular weight is 306 g/mol. The van der Waals surface area contributed by atoms with Gasteiger partial charge >= 0.3 is 5.69 Å². The molecule has 108 valence electrons. The molecule has 0 saturated heterocycles. The minimum Gasteiger partial charge on any atom is -0.379 e. The third kappa shape index (κ3) is 2.45. The van der Waals surface area contributed by atoms with E-state index in [0.29, 0.717) is 12.2 Å². The van der Waals surface area contributed by atoms with Gasteiger partial charge in [-0.2, -0.15) is 4.39 Å². The van der Waals surface area contributed by atoms with E-state index in [2.05, 4.69) is 10.3 Å². The molecule has 3 aromatic rings. The van der Waals surface area contributed by atoms with Crippen molar-refractivity contribution < 1.29 is 9.31 Å². The van der Waals surface area contributed by atoms with Crippen molar-refractivity contribution in [1.82, 2.24) is 9.38 Å². The van der Waals surface area contributed by atoms with Crippen LogP contribution in [0.3, 0.4) is 0 Å². The summed E-state index contributed by atoms with van der Waals surface area (Å²) in [7, 11) is 0. The molecular formula is C13H11FN4O2S. The Balaban J connectivity index is 1.85. The maximum absolute atomic E-state index is 13.3. The Kier molecular flexibility index (Phi) is 3.30. The summed E-state index contributed by atoms with van der Waals surface area (Å²) in [5.74, 6) is -0.841. The van der Waals surface area contributed by atoms with Crippen molar-refractivity contribution in [2.24, 2.45) is 0 Å². The van der Waals surface area contributed by atoms with E-state index in [4.69, 9.17) is 0 Å². The van der Waals surface area contributed by atoms with Gasteiger partial charge in [-0.05, 0) is 19.1 Å². The first kappa shape index (κ1) is 13.5. The van der Waals surface area contributed by atoms with E-state index in [1.807, 2.05) is 22.9 Å². The van der Waals surface area contributed by atoms with Gasteiger partial charge in [0, 0.05) is 23.3 Å². The van der Waals surface area contributed by atoms with E-state index in [1.165, 1.54) is 23.5 Å². The van der Waals surface area contributed by atoms with Crippen LogP contribution < -0.4 is 5.32 Å². The molecule has 1 N–H and O–H groups in total. The highest BCUT2D eigenvalue weighted by molar-refractivity contribution is 7.15. The smallest absolute Gasteiger partial charge is 0.306 e. The minimum absolute atomic E-state index is 0.451. The molecule has 0 spiro atoms. The van der Waals surface area contributed by atoms with Crippen LogP contribution in [0.4, 0.5) is 15.8 Å². The maximum atomic E-state index is 13.3. The van der Waals surface area contributed by atoms with Crippen molar-refractivity contribution in [2.45, 2.75) is 13.5 Å². The minimum atomic E-state index is -0.841. The molecule has 1 aromatic carbocycles. The maximum Gasteiger partial charge on any atom is 0.306 e. The zero-order valence-corrected chi connectivity index (χ0v) is 11.9. The first-order valence-corrected chi connectivity index (χ1v) is 7.03. The molecule has 2 heterocycles. The predicted molar refractivity (Wildman–Crippen MR) is 78.2 cm³/mol. The lowest BCUT2D eigenvalue weighted by Gasteiger charge is -2.07. The summed E-state index contributed by atoms with van der Waals surface area (Å²) in [6.07, 6.45) is 1.92. The Morgan fingerprint density at radius 1 is 1.52 bits per heavy atom. The van der Waals surface area contributed by atoms with E-state index in [1.54, 1.807) is 0 Å². The van der Waals surface area contributed by atoms with Crippen LogP contribution in [0, 0.1) is 22.9 Å². The largest absolute Gasteiger partial charge is 0.379 e. The van der Waals surface area contributed by atoms with E-state index in [-0.39, 0.29) is 0 Å². The number of thiazole rings is 1. The highest BCUT2D eigenvalue weighted by Gasteiger charge is 2.15. The van der Waals surface area contributed by atoms with E-state index in [0.717, 1.165) is 22.4 Å². The summed E-state index contributed by atoms with van der Waals surface area (Å²) >= 11 is 1.54. The van der Waals surface area contributed by atoms with E-state index in [9.17, 15) is 14.5 Å². The first-order chi connectivity index (χ1) is 10.1. The number of rotatable bonds is 4. The van der Waals surface area contributed by atoms with Crippen LogP contribution in [0.15, 0.2) is 29.8 Å². The van der Waals surface area contributed by atoms with Crippen LogP contribution in [0.1, 0.15) is 11.4 Å². The van der Waals surface area contributed by atoms with Crippen molar-refractivity contribution >= 4 is 27.7 Å². The molecule has 6 nitrogen and oxygen atoms in total. The molecule has 0 bridgehead atoms. The molecule has 0 fully saturated rings. The number of anilines is 1. The van der Waals surface area contributed by atoms with Gasteiger partial charge < -0.3 is 5.32 Å². The summed E-state index contributed by atoms with van der Waals surface area (Å²) < 4.78 is 15.2. The van der Waals surface area contributed by atoms with Gasteiger partial charge in [0.1, 0.15) is 0 Å². The van der Waals surface area contributed by atoms with Crippen LogP contribution in [-0.2, 0) is 6.54 Å². The number of nitro benzene ring substituents is 1. The van der Waals surface area contributed by atoms with Gasteiger partial charge in [0.2, 0.25) is 5.82 Å². The number of hydrogen-bond acceptors (Lipinski definition) is 5. The number of hydrogen-bond donors (Lipinski definition) is 1. The molecule has 0 amide bonds. The quantitative estimate of drug-likeness (QED) is 0.592. The lowest BCUT2D eigenvalue weighted by atomic mass is 10.2. The fourth-order valence-electron chi connectivity index (χ4n) is 2.10. The number of benzene rings is 1. The SMILES string of the molecule is Cc1nc2sccn2c1CNc1ccc(F)c([N+](=O)[O-])c1. The zero-order chi connectivity index (χ0) is 15.0. The summed E-state index contributed by atoms with van der Waals surface area (Å²) in [6, 6.07) is 3.75. The molecule has 8 heteroatoms. The molecule has 21 heavy (non-hydrogen) atoms. The molecule has 0 aliphatic heterocycles. The van der Waals surface area contributed by atoms with E-state index < -0.39 is 16.4 Å². The van der Waals surface area contributed by atoms with Gasteiger partial charge in [0.15, 0.2) is 4.96 Å². The lowest BCUT2D eigenvalue weighted by molar-refractivity contribution is -0.387. The van der Waals surface area contributed by atoms with Gasteiger partial charge in [-0.1, -0.05) is 0 Å². The number of aryl methyl sites for hydroxylation is 1. The summed E-state index contributed by atoms with van der Waals surface area (Å²) in [5, 5.41) is 15.7. The van der Waals surface area contributed by atoms with Gasteiger partial charge in [0.25, 0.3) is 0 Å². The third-order valence-corrected chi connectivity index (χ3v) is 3.92. The summed E-state index contributed by atoms with van der Waals surface area (Å²) in [6.45, 7) is 2.36. The molecule has 0 aliphatic rings. The van der Waals surface area contributed by atoms with Crippen LogP contribution in [0.2, 0.25) is 0 Å². The molecule has 3 rings (SSSR count). The number of halogens is 1. The van der Waals surface area contributed by atoms with Gasteiger partial charge in [-0.15, -0.1) is 11.3 Å². The van der Waals surface area contributed by atoms with Crippen LogP contribution in [0.5, 0.6) is 0 Å². The Hall–Kier alpha value is -2.48. The second kappa shape index (κ2) is 5.13. The fraction of sp³-hybridized carbons (Fsp3) is 0.154. The second-order valence-corrected chi connectivity index (χ2v) is 5.35. The van der Waals surface area contributed by atoms with Crippen molar-refractivity contribution in [1.29, 1.82) is 0 Å².